The predicted molar refractivity (Wildman–Crippen MR) is 81.1 cm³/mol. The fraction of sp³-hybridized carbons (Fsp3) is 0.0714. The second-order valence-corrected chi connectivity index (χ2v) is 5.72. The number of rotatable bonds is 3. The quantitative estimate of drug-likeness (QED) is 0.759. The third kappa shape index (κ3) is 2.26. The highest BCUT2D eigenvalue weighted by molar-refractivity contribution is 9.10. The van der Waals surface area contributed by atoms with Crippen LogP contribution in [0.1, 0.15) is 5.56 Å². The fourth-order valence-electron chi connectivity index (χ4n) is 1.86. The first-order valence-corrected chi connectivity index (χ1v) is 7.31. The van der Waals surface area contributed by atoms with Crippen molar-refractivity contribution >= 4 is 43.2 Å². The van der Waals surface area contributed by atoms with Gasteiger partial charge in [-0.15, -0.1) is 11.3 Å². The van der Waals surface area contributed by atoms with Crippen molar-refractivity contribution in [1.82, 2.24) is 4.98 Å². The average Bonchev–Trinajstić information content (AvgIpc) is 2.80. The standard InChI is InChI=1S/C14H11BrN2S/c15-11-9-18-12-6-7-16-14(13(11)12)17-8-10-4-2-1-3-5-10/h1-7,9H,8H2,(H,16,17). The number of aromatic nitrogens is 1. The van der Waals surface area contributed by atoms with Crippen LogP contribution in [-0.2, 0) is 6.54 Å². The summed E-state index contributed by atoms with van der Waals surface area (Å²) in [5, 5.41) is 6.66. The summed E-state index contributed by atoms with van der Waals surface area (Å²) in [5.74, 6) is 0.935. The van der Waals surface area contributed by atoms with Gasteiger partial charge in [-0.1, -0.05) is 30.3 Å². The second kappa shape index (κ2) is 5.08. The number of nitrogens with zero attached hydrogens (tertiary/aromatic N) is 1. The highest BCUT2D eigenvalue weighted by Gasteiger charge is 2.07. The summed E-state index contributed by atoms with van der Waals surface area (Å²) in [5.41, 5.74) is 1.25. The third-order valence-electron chi connectivity index (χ3n) is 2.74. The summed E-state index contributed by atoms with van der Waals surface area (Å²) >= 11 is 5.30. The first-order valence-electron chi connectivity index (χ1n) is 5.64. The Hall–Kier alpha value is -1.39. The van der Waals surface area contributed by atoms with E-state index >= 15 is 0 Å². The van der Waals surface area contributed by atoms with Crippen molar-refractivity contribution in [2.24, 2.45) is 0 Å². The van der Waals surface area contributed by atoms with Gasteiger partial charge in [0.05, 0.1) is 0 Å². The molecule has 0 aliphatic carbocycles. The first-order chi connectivity index (χ1) is 8.84. The first kappa shape index (κ1) is 11.7. The molecule has 2 aromatic heterocycles. The molecule has 0 bridgehead atoms. The molecule has 0 saturated carbocycles. The van der Waals surface area contributed by atoms with E-state index in [4.69, 9.17) is 0 Å². The molecule has 4 heteroatoms. The highest BCUT2D eigenvalue weighted by Crippen LogP contribution is 2.34. The zero-order valence-corrected chi connectivity index (χ0v) is 12.0. The molecular formula is C14H11BrN2S. The molecule has 2 heterocycles. The van der Waals surface area contributed by atoms with Crippen LogP contribution in [-0.4, -0.2) is 4.98 Å². The maximum atomic E-state index is 4.42. The number of thiophene rings is 1. The molecule has 0 unspecified atom stereocenters. The zero-order valence-electron chi connectivity index (χ0n) is 9.56. The molecule has 0 fully saturated rings. The van der Waals surface area contributed by atoms with E-state index in [1.165, 1.54) is 15.6 Å². The van der Waals surface area contributed by atoms with Gasteiger partial charge < -0.3 is 5.32 Å². The lowest BCUT2D eigenvalue weighted by Crippen LogP contribution is -2.01. The largest absolute Gasteiger partial charge is 0.365 e. The van der Waals surface area contributed by atoms with Gasteiger partial charge in [0.15, 0.2) is 0 Å². The molecule has 0 aliphatic heterocycles. The van der Waals surface area contributed by atoms with E-state index in [1.54, 1.807) is 11.3 Å². The Labute approximate surface area is 118 Å². The molecule has 0 amide bonds. The Morgan fingerprint density at radius 1 is 1.17 bits per heavy atom. The number of halogens is 1. The van der Waals surface area contributed by atoms with E-state index in [-0.39, 0.29) is 0 Å². The molecule has 3 rings (SSSR count). The lowest BCUT2D eigenvalue weighted by molar-refractivity contribution is 1.12. The van der Waals surface area contributed by atoms with Gasteiger partial charge in [0.2, 0.25) is 0 Å². The maximum Gasteiger partial charge on any atom is 0.136 e. The number of hydrogen-bond donors (Lipinski definition) is 1. The van der Waals surface area contributed by atoms with Crippen LogP contribution in [0, 0.1) is 0 Å². The Kier molecular flexibility index (Phi) is 3.30. The third-order valence-corrected chi connectivity index (χ3v) is 4.62. The van der Waals surface area contributed by atoms with Gasteiger partial charge in [-0.05, 0) is 27.6 Å². The van der Waals surface area contributed by atoms with Crippen LogP contribution in [0.15, 0.2) is 52.4 Å². The summed E-state index contributed by atoms with van der Waals surface area (Å²) in [6, 6.07) is 12.4. The number of anilines is 1. The Bertz CT molecular complexity index is 664. The van der Waals surface area contributed by atoms with E-state index in [0.717, 1.165) is 16.8 Å². The number of nitrogens with one attached hydrogen (secondary N) is 1. The topological polar surface area (TPSA) is 24.9 Å². The van der Waals surface area contributed by atoms with Crippen molar-refractivity contribution in [3.63, 3.8) is 0 Å². The van der Waals surface area contributed by atoms with Crippen LogP contribution in [0.2, 0.25) is 0 Å². The Morgan fingerprint density at radius 3 is 2.83 bits per heavy atom. The minimum Gasteiger partial charge on any atom is -0.365 e. The molecule has 90 valence electrons. The van der Waals surface area contributed by atoms with Gasteiger partial charge in [0.25, 0.3) is 0 Å². The lowest BCUT2D eigenvalue weighted by atomic mass is 10.2. The molecule has 2 nitrogen and oxygen atoms in total. The van der Waals surface area contributed by atoms with E-state index in [9.17, 15) is 0 Å². The van der Waals surface area contributed by atoms with E-state index in [2.05, 4.69) is 43.7 Å². The van der Waals surface area contributed by atoms with Gasteiger partial charge in [0, 0.05) is 32.7 Å². The van der Waals surface area contributed by atoms with Gasteiger partial charge in [-0.2, -0.15) is 0 Å². The number of fused-ring (bicyclic) bond motifs is 1. The molecule has 0 radical (unpaired) electrons. The summed E-state index contributed by atoms with van der Waals surface area (Å²) < 4.78 is 2.35. The minimum absolute atomic E-state index is 0.787. The van der Waals surface area contributed by atoms with Crippen molar-refractivity contribution in [2.45, 2.75) is 6.54 Å². The molecular weight excluding hydrogens is 308 g/mol. The molecule has 3 aromatic rings. The van der Waals surface area contributed by atoms with Gasteiger partial charge in [0.1, 0.15) is 5.82 Å². The Balaban J connectivity index is 1.89. The van der Waals surface area contributed by atoms with Crippen LogP contribution < -0.4 is 5.32 Å². The van der Waals surface area contributed by atoms with E-state index in [1.807, 2.05) is 30.5 Å². The summed E-state index contributed by atoms with van der Waals surface area (Å²) in [4.78, 5) is 4.42. The molecule has 0 saturated heterocycles. The highest BCUT2D eigenvalue weighted by atomic mass is 79.9. The van der Waals surface area contributed by atoms with Gasteiger partial charge in [-0.25, -0.2) is 4.98 Å². The molecule has 1 aromatic carbocycles. The van der Waals surface area contributed by atoms with E-state index in [0.29, 0.717) is 0 Å². The van der Waals surface area contributed by atoms with Crippen molar-refractivity contribution in [2.75, 3.05) is 5.32 Å². The van der Waals surface area contributed by atoms with Crippen LogP contribution in [0.3, 0.4) is 0 Å². The van der Waals surface area contributed by atoms with Crippen LogP contribution >= 0.6 is 27.3 Å². The predicted octanol–water partition coefficient (Wildman–Crippen LogP) is 4.67. The van der Waals surface area contributed by atoms with Gasteiger partial charge >= 0.3 is 0 Å². The van der Waals surface area contributed by atoms with Crippen LogP contribution in [0.5, 0.6) is 0 Å². The SMILES string of the molecule is Brc1csc2ccnc(NCc3ccccc3)c12. The van der Waals surface area contributed by atoms with Crippen molar-refractivity contribution in [3.05, 3.63) is 58.0 Å². The minimum atomic E-state index is 0.787. The molecule has 0 atom stereocenters. The summed E-state index contributed by atoms with van der Waals surface area (Å²) in [6.07, 6.45) is 1.85. The van der Waals surface area contributed by atoms with Gasteiger partial charge in [-0.3, -0.25) is 0 Å². The van der Waals surface area contributed by atoms with E-state index < -0.39 is 0 Å². The second-order valence-electron chi connectivity index (χ2n) is 3.96. The molecule has 0 spiro atoms. The summed E-state index contributed by atoms with van der Waals surface area (Å²) in [6.45, 7) is 0.787. The average molecular weight is 319 g/mol. The zero-order chi connectivity index (χ0) is 12.4. The summed E-state index contributed by atoms with van der Waals surface area (Å²) in [7, 11) is 0. The smallest absolute Gasteiger partial charge is 0.136 e. The Morgan fingerprint density at radius 2 is 2.00 bits per heavy atom. The fourth-order valence-corrected chi connectivity index (χ4v) is 3.49. The van der Waals surface area contributed by atoms with Crippen molar-refractivity contribution < 1.29 is 0 Å². The molecule has 18 heavy (non-hydrogen) atoms. The van der Waals surface area contributed by atoms with Crippen LogP contribution in [0.25, 0.3) is 10.1 Å². The number of hydrogen-bond acceptors (Lipinski definition) is 3. The lowest BCUT2D eigenvalue weighted by Gasteiger charge is -2.07. The number of benzene rings is 1. The van der Waals surface area contributed by atoms with Crippen LogP contribution in [0.4, 0.5) is 5.82 Å². The van der Waals surface area contributed by atoms with Crippen molar-refractivity contribution in [3.8, 4) is 0 Å². The number of pyridine rings is 1. The molecule has 1 N–H and O–H groups in total. The molecule has 0 aliphatic rings. The monoisotopic (exact) mass is 318 g/mol. The maximum absolute atomic E-state index is 4.42. The van der Waals surface area contributed by atoms with Crippen molar-refractivity contribution in [1.29, 1.82) is 0 Å². The normalized spacial score (nSPS) is 10.7.